The number of esters is 1. The maximum absolute atomic E-state index is 12.7. The molecule has 9 heteroatoms. The SMILES string of the molecule is CCCCCCC/C=C\C/C=C\C/C=C\CCCCCCCCCCCOCC(COC1OC(CO)C(O)C(O)C1O)OC(=O)CCCCCCCCCC. The highest BCUT2D eigenvalue weighted by Crippen LogP contribution is 2.22. The molecule has 1 fully saturated rings. The highest BCUT2D eigenvalue weighted by atomic mass is 16.7. The van der Waals surface area contributed by atoms with Gasteiger partial charge in [0.1, 0.15) is 30.5 Å². The number of aliphatic hydroxyl groups excluding tert-OH is 4. The number of ether oxygens (including phenoxy) is 4. The fourth-order valence-electron chi connectivity index (χ4n) is 6.73. The van der Waals surface area contributed by atoms with Crippen molar-refractivity contribution in [3.63, 3.8) is 0 Å². The van der Waals surface area contributed by atoms with Gasteiger partial charge in [0.15, 0.2) is 6.29 Å². The zero-order chi connectivity index (χ0) is 40.0. The molecule has 0 aliphatic carbocycles. The third kappa shape index (κ3) is 29.3. The molecule has 55 heavy (non-hydrogen) atoms. The molecule has 0 bridgehead atoms. The van der Waals surface area contributed by atoms with Crippen LogP contribution in [0.4, 0.5) is 0 Å². The van der Waals surface area contributed by atoms with Crippen LogP contribution in [0.25, 0.3) is 0 Å². The summed E-state index contributed by atoms with van der Waals surface area (Å²) < 4.78 is 22.7. The van der Waals surface area contributed by atoms with Crippen molar-refractivity contribution in [3.05, 3.63) is 36.5 Å². The first-order valence-electron chi connectivity index (χ1n) is 22.6. The summed E-state index contributed by atoms with van der Waals surface area (Å²) in [5.41, 5.74) is 0. The van der Waals surface area contributed by atoms with E-state index in [2.05, 4.69) is 50.3 Å². The minimum Gasteiger partial charge on any atom is -0.457 e. The first-order chi connectivity index (χ1) is 26.9. The van der Waals surface area contributed by atoms with Gasteiger partial charge in [-0.3, -0.25) is 4.79 Å². The summed E-state index contributed by atoms with van der Waals surface area (Å²) in [6, 6.07) is 0. The molecule has 1 rings (SSSR count). The fraction of sp³-hybridized carbons (Fsp3) is 0.848. The van der Waals surface area contributed by atoms with Crippen molar-refractivity contribution in [2.45, 2.75) is 224 Å². The molecule has 0 amide bonds. The van der Waals surface area contributed by atoms with E-state index < -0.39 is 43.4 Å². The molecule has 6 atom stereocenters. The van der Waals surface area contributed by atoms with Crippen LogP contribution in [0.2, 0.25) is 0 Å². The fourth-order valence-corrected chi connectivity index (χ4v) is 6.73. The summed E-state index contributed by atoms with van der Waals surface area (Å²) in [6.07, 6.45) is 37.6. The van der Waals surface area contributed by atoms with E-state index in [1.807, 2.05) is 0 Å². The molecule has 0 aromatic rings. The van der Waals surface area contributed by atoms with E-state index >= 15 is 0 Å². The molecule has 1 aliphatic heterocycles. The average Bonchev–Trinajstić information content (AvgIpc) is 3.18. The minimum atomic E-state index is -1.53. The lowest BCUT2D eigenvalue weighted by Crippen LogP contribution is -2.59. The van der Waals surface area contributed by atoms with Crippen LogP contribution >= 0.6 is 0 Å². The second-order valence-electron chi connectivity index (χ2n) is 15.5. The molecule has 0 saturated carbocycles. The third-order valence-corrected chi connectivity index (χ3v) is 10.3. The molecule has 1 aliphatic rings. The van der Waals surface area contributed by atoms with Crippen LogP contribution in [0.15, 0.2) is 36.5 Å². The van der Waals surface area contributed by atoms with Crippen molar-refractivity contribution >= 4 is 5.97 Å². The molecule has 1 saturated heterocycles. The monoisotopic (exact) mass is 781 g/mol. The van der Waals surface area contributed by atoms with E-state index in [1.165, 1.54) is 122 Å². The van der Waals surface area contributed by atoms with E-state index in [4.69, 9.17) is 18.9 Å². The third-order valence-electron chi connectivity index (χ3n) is 10.3. The second kappa shape index (κ2) is 38.0. The molecule has 322 valence electrons. The Morgan fingerprint density at radius 2 is 1.05 bits per heavy atom. The number of rotatable bonds is 38. The molecule has 1 heterocycles. The van der Waals surface area contributed by atoms with Crippen molar-refractivity contribution in [1.82, 2.24) is 0 Å². The molecule has 0 aromatic heterocycles. The number of hydrogen-bond acceptors (Lipinski definition) is 9. The van der Waals surface area contributed by atoms with Crippen LogP contribution in [0.5, 0.6) is 0 Å². The summed E-state index contributed by atoms with van der Waals surface area (Å²) in [7, 11) is 0. The quantitative estimate of drug-likeness (QED) is 0.0274. The van der Waals surface area contributed by atoms with Gasteiger partial charge in [-0.15, -0.1) is 0 Å². The van der Waals surface area contributed by atoms with Crippen molar-refractivity contribution in [3.8, 4) is 0 Å². The van der Waals surface area contributed by atoms with E-state index in [9.17, 15) is 25.2 Å². The zero-order valence-corrected chi connectivity index (χ0v) is 35.2. The summed E-state index contributed by atoms with van der Waals surface area (Å²) in [6.45, 7) is 4.50. The van der Waals surface area contributed by atoms with Crippen LogP contribution in [-0.2, 0) is 23.7 Å². The van der Waals surface area contributed by atoms with Gasteiger partial charge in [-0.25, -0.2) is 0 Å². The Labute approximate surface area is 336 Å². The molecular formula is C46H84O9. The number of hydrogen-bond donors (Lipinski definition) is 4. The predicted octanol–water partition coefficient (Wildman–Crippen LogP) is 9.97. The summed E-state index contributed by atoms with van der Waals surface area (Å²) in [4.78, 5) is 12.7. The van der Waals surface area contributed by atoms with Crippen LogP contribution in [-0.4, -0.2) is 89.6 Å². The Hall–Kier alpha value is -1.59. The number of allylic oxidation sites excluding steroid dienone is 6. The van der Waals surface area contributed by atoms with Crippen LogP contribution < -0.4 is 0 Å². The van der Waals surface area contributed by atoms with Gasteiger partial charge in [-0.1, -0.05) is 166 Å². The maximum atomic E-state index is 12.7. The summed E-state index contributed by atoms with van der Waals surface area (Å²) >= 11 is 0. The summed E-state index contributed by atoms with van der Waals surface area (Å²) in [5, 5.41) is 40.0. The van der Waals surface area contributed by atoms with E-state index in [0.717, 1.165) is 44.9 Å². The summed E-state index contributed by atoms with van der Waals surface area (Å²) in [5.74, 6) is -0.321. The number of unbranched alkanes of at least 4 members (excludes halogenated alkanes) is 21. The van der Waals surface area contributed by atoms with Crippen molar-refractivity contribution in [1.29, 1.82) is 0 Å². The van der Waals surface area contributed by atoms with Gasteiger partial charge in [0.05, 0.1) is 19.8 Å². The van der Waals surface area contributed by atoms with Gasteiger partial charge in [0.2, 0.25) is 0 Å². The molecule has 9 nitrogen and oxygen atoms in total. The molecule has 0 aromatic carbocycles. The molecule has 0 spiro atoms. The zero-order valence-electron chi connectivity index (χ0n) is 35.2. The standard InChI is InChI=1S/C46H84O9/c1-3-5-7-9-11-13-14-15-16-17-18-19-20-21-22-23-24-25-26-27-28-30-32-34-36-52-38-40(54-42(48)35-33-31-29-12-10-8-6-4-2)39-53-46-45(51)44(50)43(49)41(37-47)55-46/h14-15,17-18,20-21,40-41,43-47,49-51H,3-13,16,19,22-39H2,1-2H3/b15-14-,18-17-,21-20-. The Kier molecular flexibility index (Phi) is 35.5. The number of aliphatic hydroxyl groups is 4. The van der Waals surface area contributed by atoms with Crippen LogP contribution in [0.1, 0.15) is 187 Å². The minimum absolute atomic E-state index is 0.114. The molecule has 6 unspecified atom stereocenters. The lowest BCUT2D eigenvalue weighted by atomic mass is 9.99. The van der Waals surface area contributed by atoms with E-state index in [-0.39, 0.29) is 19.2 Å². The second-order valence-corrected chi connectivity index (χ2v) is 15.5. The van der Waals surface area contributed by atoms with Gasteiger partial charge in [-0.2, -0.15) is 0 Å². The van der Waals surface area contributed by atoms with E-state index in [0.29, 0.717) is 13.0 Å². The predicted molar refractivity (Wildman–Crippen MR) is 224 cm³/mol. The number of carbonyl (C=O) groups is 1. The number of carbonyl (C=O) groups excluding carboxylic acids is 1. The van der Waals surface area contributed by atoms with Gasteiger partial charge in [0, 0.05) is 13.0 Å². The molecular weight excluding hydrogens is 696 g/mol. The Morgan fingerprint density at radius 1 is 0.582 bits per heavy atom. The van der Waals surface area contributed by atoms with E-state index in [1.54, 1.807) is 0 Å². The molecule has 4 N–H and O–H groups in total. The highest BCUT2D eigenvalue weighted by molar-refractivity contribution is 5.69. The normalized spacial score (nSPS) is 21.0. The van der Waals surface area contributed by atoms with Crippen molar-refractivity contribution in [2.75, 3.05) is 26.4 Å². The van der Waals surface area contributed by atoms with Gasteiger partial charge < -0.3 is 39.4 Å². The van der Waals surface area contributed by atoms with Crippen LogP contribution in [0, 0.1) is 0 Å². The van der Waals surface area contributed by atoms with Gasteiger partial charge in [0.25, 0.3) is 0 Å². The largest absolute Gasteiger partial charge is 0.457 e. The van der Waals surface area contributed by atoms with Gasteiger partial charge >= 0.3 is 5.97 Å². The molecule has 0 radical (unpaired) electrons. The Balaban J connectivity index is 2.17. The lowest BCUT2D eigenvalue weighted by molar-refractivity contribution is -0.305. The smallest absolute Gasteiger partial charge is 0.306 e. The topological polar surface area (TPSA) is 135 Å². The first-order valence-corrected chi connectivity index (χ1v) is 22.6. The average molecular weight is 781 g/mol. The Bertz CT molecular complexity index is 936. The Morgan fingerprint density at radius 3 is 1.58 bits per heavy atom. The van der Waals surface area contributed by atoms with Crippen molar-refractivity contribution < 1.29 is 44.2 Å². The first kappa shape index (κ1) is 51.4. The lowest BCUT2D eigenvalue weighted by Gasteiger charge is -2.39. The van der Waals surface area contributed by atoms with Crippen LogP contribution in [0.3, 0.4) is 0 Å². The maximum Gasteiger partial charge on any atom is 0.306 e. The van der Waals surface area contributed by atoms with Gasteiger partial charge in [-0.05, 0) is 51.4 Å². The highest BCUT2D eigenvalue weighted by Gasteiger charge is 2.44. The van der Waals surface area contributed by atoms with Crippen molar-refractivity contribution in [2.24, 2.45) is 0 Å².